The number of rotatable bonds is 3. The van der Waals surface area contributed by atoms with E-state index in [9.17, 15) is 9.90 Å². The molecule has 0 saturated heterocycles. The van der Waals surface area contributed by atoms with Crippen molar-refractivity contribution in [1.82, 2.24) is 20.0 Å². The highest BCUT2D eigenvalue weighted by Crippen LogP contribution is 2.28. The Balaban J connectivity index is 2.04. The Labute approximate surface area is 137 Å². The molecule has 0 aliphatic carbocycles. The monoisotopic (exact) mass is 316 g/mol. The van der Waals surface area contributed by atoms with Gasteiger partial charge in [-0.05, 0) is 23.6 Å². The van der Waals surface area contributed by atoms with Crippen LogP contribution in [0.3, 0.4) is 0 Å². The lowest BCUT2D eigenvalue weighted by Gasteiger charge is -2.10. The summed E-state index contributed by atoms with van der Waals surface area (Å²) in [6.07, 6.45) is 3.23. The van der Waals surface area contributed by atoms with Crippen molar-refractivity contribution in [2.24, 2.45) is 0 Å². The average molecular weight is 316 g/mol. The Morgan fingerprint density at radius 2 is 1.71 bits per heavy atom. The minimum atomic E-state index is -1.12. The molecule has 4 aromatic rings. The van der Waals surface area contributed by atoms with Crippen molar-refractivity contribution in [2.45, 2.75) is 0 Å². The molecule has 0 aliphatic heterocycles. The van der Waals surface area contributed by atoms with Crippen molar-refractivity contribution in [3.8, 4) is 16.9 Å². The highest BCUT2D eigenvalue weighted by molar-refractivity contribution is 5.95. The van der Waals surface area contributed by atoms with Crippen LogP contribution in [0, 0.1) is 0 Å². The number of carboxylic acid groups (broad SMARTS) is 1. The summed E-state index contributed by atoms with van der Waals surface area (Å²) in [6, 6.07) is 17.2. The molecule has 6 heteroatoms. The molecule has 6 nitrogen and oxygen atoms in total. The molecule has 24 heavy (non-hydrogen) atoms. The number of fused-ring (bicyclic) bond motifs is 1. The first-order valence-corrected chi connectivity index (χ1v) is 7.33. The summed E-state index contributed by atoms with van der Waals surface area (Å²) in [5.74, 6) is -1.12. The van der Waals surface area contributed by atoms with Gasteiger partial charge in [-0.3, -0.25) is 4.98 Å². The first-order chi connectivity index (χ1) is 11.8. The third-order valence-corrected chi connectivity index (χ3v) is 3.82. The third kappa shape index (κ3) is 2.21. The number of aromatic carboxylic acids is 1. The molecule has 0 amide bonds. The van der Waals surface area contributed by atoms with Crippen molar-refractivity contribution >= 4 is 16.7 Å². The van der Waals surface area contributed by atoms with Gasteiger partial charge in [0, 0.05) is 23.3 Å². The summed E-state index contributed by atoms with van der Waals surface area (Å²) in [6.45, 7) is 0. The molecular weight excluding hydrogens is 304 g/mol. The molecule has 0 atom stereocenters. The van der Waals surface area contributed by atoms with E-state index in [1.54, 1.807) is 29.2 Å². The van der Waals surface area contributed by atoms with Gasteiger partial charge >= 0.3 is 5.97 Å². The topological polar surface area (TPSA) is 80.9 Å². The molecule has 2 heterocycles. The lowest BCUT2D eigenvalue weighted by molar-refractivity contribution is 0.0691. The van der Waals surface area contributed by atoms with Gasteiger partial charge in [0.15, 0.2) is 5.69 Å². The minimum absolute atomic E-state index is 0.0888. The Morgan fingerprint density at radius 3 is 2.50 bits per heavy atom. The number of hydrogen-bond donors (Lipinski definition) is 1. The van der Waals surface area contributed by atoms with E-state index in [0.717, 1.165) is 16.5 Å². The first kappa shape index (κ1) is 14.1. The number of aromatic nitrogens is 4. The predicted molar refractivity (Wildman–Crippen MR) is 89.1 cm³/mol. The average Bonchev–Trinajstić information content (AvgIpc) is 3.07. The van der Waals surface area contributed by atoms with Gasteiger partial charge in [-0.2, -0.15) is 0 Å². The van der Waals surface area contributed by atoms with Crippen LogP contribution in [0.15, 0.2) is 67.0 Å². The van der Waals surface area contributed by atoms with Gasteiger partial charge in [-0.15, -0.1) is 5.10 Å². The van der Waals surface area contributed by atoms with Crippen LogP contribution in [0.25, 0.3) is 27.7 Å². The van der Waals surface area contributed by atoms with Crippen molar-refractivity contribution in [1.29, 1.82) is 0 Å². The standard InChI is InChI=1S/C18H12N4O2/c23-18(24)16-17(13-8-10-19-11-9-13)22(21-20-16)15-7-3-5-12-4-1-2-6-14(12)15/h1-11H,(H,23,24). The molecule has 0 radical (unpaired) electrons. The zero-order chi connectivity index (χ0) is 16.5. The maximum Gasteiger partial charge on any atom is 0.358 e. The lowest BCUT2D eigenvalue weighted by atomic mass is 10.1. The van der Waals surface area contributed by atoms with Gasteiger partial charge in [0.05, 0.1) is 5.69 Å². The largest absolute Gasteiger partial charge is 0.476 e. The Hall–Kier alpha value is -3.54. The summed E-state index contributed by atoms with van der Waals surface area (Å²) < 4.78 is 1.57. The van der Waals surface area contributed by atoms with Crippen molar-refractivity contribution in [3.05, 3.63) is 72.7 Å². The van der Waals surface area contributed by atoms with E-state index in [-0.39, 0.29) is 5.69 Å². The van der Waals surface area contributed by atoms with Crippen LogP contribution >= 0.6 is 0 Å². The molecule has 0 bridgehead atoms. The van der Waals surface area contributed by atoms with E-state index in [2.05, 4.69) is 15.3 Å². The van der Waals surface area contributed by atoms with Crippen molar-refractivity contribution in [3.63, 3.8) is 0 Å². The van der Waals surface area contributed by atoms with Crippen molar-refractivity contribution < 1.29 is 9.90 Å². The second-order valence-corrected chi connectivity index (χ2v) is 5.24. The number of nitrogens with zero attached hydrogens (tertiary/aromatic N) is 4. The predicted octanol–water partition coefficient (Wildman–Crippen LogP) is 3.18. The normalized spacial score (nSPS) is 10.8. The van der Waals surface area contributed by atoms with Gasteiger partial charge in [-0.25, -0.2) is 9.48 Å². The summed E-state index contributed by atoms with van der Waals surface area (Å²) in [5.41, 5.74) is 1.82. The molecule has 0 unspecified atom stereocenters. The number of pyridine rings is 1. The van der Waals surface area contributed by atoms with E-state index in [1.165, 1.54) is 0 Å². The fourth-order valence-electron chi connectivity index (χ4n) is 2.76. The lowest BCUT2D eigenvalue weighted by Crippen LogP contribution is -2.03. The van der Waals surface area contributed by atoms with Gasteiger partial charge in [0.25, 0.3) is 0 Å². The molecular formula is C18H12N4O2. The maximum absolute atomic E-state index is 11.6. The Kier molecular flexibility index (Phi) is 3.28. The van der Waals surface area contributed by atoms with E-state index >= 15 is 0 Å². The van der Waals surface area contributed by atoms with E-state index in [1.807, 2.05) is 42.5 Å². The first-order valence-electron chi connectivity index (χ1n) is 7.33. The molecule has 116 valence electrons. The van der Waals surface area contributed by atoms with E-state index in [4.69, 9.17) is 0 Å². The van der Waals surface area contributed by atoms with E-state index in [0.29, 0.717) is 11.3 Å². The van der Waals surface area contributed by atoms with Crippen LogP contribution in [0.1, 0.15) is 10.5 Å². The maximum atomic E-state index is 11.6. The van der Waals surface area contributed by atoms with E-state index < -0.39 is 5.97 Å². The second kappa shape index (κ2) is 5.58. The molecule has 2 aromatic carbocycles. The second-order valence-electron chi connectivity index (χ2n) is 5.24. The van der Waals surface area contributed by atoms with Crippen LogP contribution in [0.2, 0.25) is 0 Å². The van der Waals surface area contributed by atoms with Crippen LogP contribution in [-0.4, -0.2) is 31.1 Å². The summed E-state index contributed by atoms with van der Waals surface area (Å²) in [4.78, 5) is 15.6. The molecule has 2 aromatic heterocycles. The highest BCUT2D eigenvalue weighted by atomic mass is 16.4. The smallest absolute Gasteiger partial charge is 0.358 e. The summed E-state index contributed by atoms with van der Waals surface area (Å²) in [5, 5.41) is 19.5. The minimum Gasteiger partial charge on any atom is -0.476 e. The fraction of sp³-hybridized carbons (Fsp3) is 0. The van der Waals surface area contributed by atoms with Crippen LogP contribution < -0.4 is 0 Å². The number of benzene rings is 2. The fourth-order valence-corrected chi connectivity index (χ4v) is 2.76. The molecule has 4 rings (SSSR count). The molecule has 0 spiro atoms. The quantitative estimate of drug-likeness (QED) is 0.628. The summed E-state index contributed by atoms with van der Waals surface area (Å²) >= 11 is 0. The molecule has 1 N–H and O–H groups in total. The summed E-state index contributed by atoms with van der Waals surface area (Å²) in [7, 11) is 0. The zero-order valence-electron chi connectivity index (χ0n) is 12.5. The SMILES string of the molecule is O=C(O)c1nnn(-c2cccc3ccccc23)c1-c1ccncc1. The number of hydrogen-bond acceptors (Lipinski definition) is 4. The molecule has 0 saturated carbocycles. The zero-order valence-corrected chi connectivity index (χ0v) is 12.5. The number of carbonyl (C=O) groups is 1. The highest BCUT2D eigenvalue weighted by Gasteiger charge is 2.22. The van der Waals surface area contributed by atoms with Gasteiger partial charge in [0.2, 0.25) is 0 Å². The van der Waals surface area contributed by atoms with Crippen LogP contribution in [0.4, 0.5) is 0 Å². The van der Waals surface area contributed by atoms with Gasteiger partial charge < -0.3 is 5.11 Å². The molecule has 0 fully saturated rings. The Morgan fingerprint density at radius 1 is 0.958 bits per heavy atom. The van der Waals surface area contributed by atoms with Crippen LogP contribution in [-0.2, 0) is 0 Å². The third-order valence-electron chi connectivity index (χ3n) is 3.82. The molecule has 0 aliphatic rings. The Bertz CT molecular complexity index is 1040. The number of carboxylic acids is 1. The van der Waals surface area contributed by atoms with Crippen molar-refractivity contribution in [2.75, 3.05) is 0 Å². The van der Waals surface area contributed by atoms with Gasteiger partial charge in [0.1, 0.15) is 5.69 Å². The van der Waals surface area contributed by atoms with Crippen LogP contribution in [0.5, 0.6) is 0 Å². The van der Waals surface area contributed by atoms with Gasteiger partial charge in [-0.1, -0.05) is 41.6 Å².